The van der Waals surface area contributed by atoms with E-state index in [2.05, 4.69) is 5.32 Å². The zero-order valence-electron chi connectivity index (χ0n) is 19.2. The minimum Gasteiger partial charge on any atom is -0.497 e. The van der Waals surface area contributed by atoms with Gasteiger partial charge in [0.25, 0.3) is 10.0 Å². The summed E-state index contributed by atoms with van der Waals surface area (Å²) in [7, 11) is 0.115. The fourth-order valence-corrected chi connectivity index (χ4v) is 5.17. The number of aryl methyl sites for hydroxylation is 1. The van der Waals surface area contributed by atoms with Crippen LogP contribution in [-0.2, 0) is 14.8 Å². The van der Waals surface area contributed by atoms with Gasteiger partial charge in [-0.15, -0.1) is 0 Å². The number of hydrogen-bond donors (Lipinski definition) is 1. The zero-order valence-corrected chi connectivity index (χ0v) is 20.7. The second-order valence-corrected chi connectivity index (χ2v) is 9.50. The second kappa shape index (κ2) is 10.7. The maximum absolute atomic E-state index is 13.8. The van der Waals surface area contributed by atoms with Crippen molar-refractivity contribution in [3.8, 4) is 17.2 Å². The topological polar surface area (TPSA) is 94.2 Å². The molecule has 34 heavy (non-hydrogen) atoms. The van der Waals surface area contributed by atoms with Crippen molar-refractivity contribution in [2.24, 2.45) is 0 Å². The summed E-state index contributed by atoms with van der Waals surface area (Å²) in [6, 6.07) is 16.0. The van der Waals surface area contributed by atoms with Crippen molar-refractivity contribution in [2.45, 2.75) is 11.8 Å². The molecular weight excluding hydrogens is 480 g/mol. The summed E-state index contributed by atoms with van der Waals surface area (Å²) in [6.45, 7) is 1.25. The molecule has 1 amide bonds. The van der Waals surface area contributed by atoms with E-state index < -0.39 is 22.5 Å². The predicted octanol–water partition coefficient (Wildman–Crippen LogP) is 4.51. The molecule has 0 aliphatic carbocycles. The van der Waals surface area contributed by atoms with E-state index in [0.717, 1.165) is 4.31 Å². The van der Waals surface area contributed by atoms with E-state index >= 15 is 0 Å². The number of rotatable bonds is 9. The normalized spacial score (nSPS) is 11.0. The van der Waals surface area contributed by atoms with Gasteiger partial charge in [-0.05, 0) is 55.0 Å². The number of carbonyl (C=O) groups is 1. The molecule has 0 aromatic heterocycles. The van der Waals surface area contributed by atoms with Crippen molar-refractivity contribution in [1.82, 2.24) is 0 Å². The Labute approximate surface area is 204 Å². The Balaban J connectivity index is 2.04. The molecule has 0 aliphatic rings. The van der Waals surface area contributed by atoms with Crippen molar-refractivity contribution in [3.63, 3.8) is 0 Å². The number of ether oxygens (including phenoxy) is 3. The van der Waals surface area contributed by atoms with Gasteiger partial charge in [-0.2, -0.15) is 0 Å². The summed E-state index contributed by atoms with van der Waals surface area (Å²) >= 11 is 6.27. The number of nitrogens with zero attached hydrogens (tertiary/aromatic N) is 1. The van der Waals surface area contributed by atoms with Crippen LogP contribution in [0.5, 0.6) is 17.2 Å². The molecule has 0 atom stereocenters. The number of amides is 1. The molecule has 0 unspecified atom stereocenters. The number of anilines is 2. The van der Waals surface area contributed by atoms with E-state index in [1.807, 2.05) is 0 Å². The van der Waals surface area contributed by atoms with Gasteiger partial charge in [-0.3, -0.25) is 9.10 Å². The van der Waals surface area contributed by atoms with Crippen molar-refractivity contribution >= 4 is 38.9 Å². The SMILES string of the molecule is COc1cccc(NC(=O)CN(c2ccc(OC)c(Cl)c2)S(=O)(=O)c2cc(C)ccc2OC)c1. The van der Waals surface area contributed by atoms with Crippen LogP contribution >= 0.6 is 11.6 Å². The summed E-state index contributed by atoms with van der Waals surface area (Å²) in [6.07, 6.45) is 0. The molecule has 3 rings (SSSR count). The fourth-order valence-electron chi connectivity index (χ4n) is 3.26. The highest BCUT2D eigenvalue weighted by Gasteiger charge is 2.31. The molecule has 0 saturated heterocycles. The summed E-state index contributed by atoms with van der Waals surface area (Å²) in [4.78, 5) is 12.9. The van der Waals surface area contributed by atoms with Crippen LogP contribution in [0.4, 0.5) is 11.4 Å². The molecule has 0 fully saturated rings. The van der Waals surface area contributed by atoms with Crippen molar-refractivity contribution in [2.75, 3.05) is 37.5 Å². The van der Waals surface area contributed by atoms with Crippen molar-refractivity contribution in [3.05, 3.63) is 71.2 Å². The van der Waals surface area contributed by atoms with E-state index in [4.69, 9.17) is 25.8 Å². The first-order valence-corrected chi connectivity index (χ1v) is 12.0. The lowest BCUT2D eigenvalue weighted by Crippen LogP contribution is -2.38. The summed E-state index contributed by atoms with van der Waals surface area (Å²) in [5.41, 5.74) is 1.37. The van der Waals surface area contributed by atoms with E-state index in [-0.39, 0.29) is 21.4 Å². The third-order valence-corrected chi connectivity index (χ3v) is 7.04. The van der Waals surface area contributed by atoms with Gasteiger partial charge in [0.1, 0.15) is 28.7 Å². The summed E-state index contributed by atoms with van der Waals surface area (Å²) in [5.74, 6) is 0.518. The minimum atomic E-state index is -4.23. The standard InChI is InChI=1S/C24H25ClN2O6S/c1-16-8-10-22(33-4)23(12-16)34(29,30)27(18-9-11-21(32-3)20(25)14-18)15-24(28)26-17-6-5-7-19(13-17)31-2/h5-14H,15H2,1-4H3,(H,26,28). The molecule has 0 saturated carbocycles. The highest BCUT2D eigenvalue weighted by molar-refractivity contribution is 7.93. The van der Waals surface area contributed by atoms with Crippen LogP contribution in [0.1, 0.15) is 5.56 Å². The number of methoxy groups -OCH3 is 3. The number of nitrogens with one attached hydrogen (secondary N) is 1. The van der Waals surface area contributed by atoms with Gasteiger partial charge in [0.05, 0.1) is 32.0 Å². The number of sulfonamides is 1. The average molecular weight is 505 g/mol. The average Bonchev–Trinajstić information content (AvgIpc) is 2.82. The molecule has 0 bridgehead atoms. The molecule has 0 spiro atoms. The largest absolute Gasteiger partial charge is 0.497 e. The predicted molar refractivity (Wildman–Crippen MR) is 132 cm³/mol. The van der Waals surface area contributed by atoms with Crippen molar-refractivity contribution in [1.29, 1.82) is 0 Å². The van der Waals surface area contributed by atoms with Gasteiger partial charge in [-0.25, -0.2) is 8.42 Å². The smallest absolute Gasteiger partial charge is 0.268 e. The molecule has 3 aromatic carbocycles. The fraction of sp³-hybridized carbons (Fsp3) is 0.208. The molecule has 0 heterocycles. The first-order valence-electron chi connectivity index (χ1n) is 10.1. The summed E-state index contributed by atoms with van der Waals surface area (Å²) in [5, 5.41) is 2.90. The van der Waals surface area contributed by atoms with E-state index in [1.54, 1.807) is 43.3 Å². The van der Waals surface area contributed by atoms with Crippen LogP contribution in [0.2, 0.25) is 5.02 Å². The Morgan fingerprint density at radius 1 is 0.941 bits per heavy atom. The lowest BCUT2D eigenvalue weighted by molar-refractivity contribution is -0.114. The van der Waals surface area contributed by atoms with Crippen LogP contribution in [0, 0.1) is 6.92 Å². The van der Waals surface area contributed by atoms with Crippen LogP contribution in [-0.4, -0.2) is 42.2 Å². The molecule has 0 aliphatic heterocycles. The molecule has 10 heteroatoms. The van der Waals surface area contributed by atoms with Crippen LogP contribution in [0.3, 0.4) is 0 Å². The molecular formula is C24H25ClN2O6S. The van der Waals surface area contributed by atoms with E-state index in [1.165, 1.54) is 45.6 Å². The van der Waals surface area contributed by atoms with Gasteiger partial charge in [0, 0.05) is 11.8 Å². The lowest BCUT2D eigenvalue weighted by atomic mass is 10.2. The van der Waals surface area contributed by atoms with Gasteiger partial charge in [0.15, 0.2) is 0 Å². The Kier molecular flexibility index (Phi) is 7.90. The van der Waals surface area contributed by atoms with E-state index in [0.29, 0.717) is 22.7 Å². The zero-order chi connectivity index (χ0) is 24.9. The highest BCUT2D eigenvalue weighted by atomic mass is 35.5. The summed E-state index contributed by atoms with van der Waals surface area (Å²) < 4.78 is 44.2. The molecule has 0 radical (unpaired) electrons. The van der Waals surface area contributed by atoms with Gasteiger partial charge in [0.2, 0.25) is 5.91 Å². The molecule has 8 nitrogen and oxygen atoms in total. The van der Waals surface area contributed by atoms with Crippen molar-refractivity contribution < 1.29 is 27.4 Å². The Morgan fingerprint density at radius 2 is 1.65 bits per heavy atom. The van der Waals surface area contributed by atoms with Gasteiger partial charge in [-0.1, -0.05) is 23.7 Å². The van der Waals surface area contributed by atoms with Gasteiger partial charge >= 0.3 is 0 Å². The Morgan fingerprint density at radius 3 is 2.29 bits per heavy atom. The Hall–Kier alpha value is -3.43. The molecule has 180 valence electrons. The quantitative estimate of drug-likeness (QED) is 0.461. The maximum Gasteiger partial charge on any atom is 0.268 e. The Bertz CT molecular complexity index is 1300. The van der Waals surface area contributed by atoms with Crippen LogP contribution < -0.4 is 23.8 Å². The third-order valence-electron chi connectivity index (χ3n) is 4.95. The highest BCUT2D eigenvalue weighted by Crippen LogP contribution is 2.34. The second-order valence-electron chi connectivity index (χ2n) is 7.26. The number of halogens is 1. The van der Waals surface area contributed by atoms with Gasteiger partial charge < -0.3 is 19.5 Å². The third kappa shape index (κ3) is 5.55. The van der Waals surface area contributed by atoms with Crippen LogP contribution in [0.15, 0.2) is 65.6 Å². The monoisotopic (exact) mass is 504 g/mol. The first-order chi connectivity index (χ1) is 16.2. The number of benzene rings is 3. The maximum atomic E-state index is 13.8. The van der Waals surface area contributed by atoms with Crippen LogP contribution in [0.25, 0.3) is 0 Å². The number of hydrogen-bond acceptors (Lipinski definition) is 6. The lowest BCUT2D eigenvalue weighted by Gasteiger charge is -2.25. The van der Waals surface area contributed by atoms with E-state index in [9.17, 15) is 13.2 Å². The minimum absolute atomic E-state index is 0.0730. The molecule has 1 N–H and O–H groups in total. The number of carbonyl (C=O) groups excluding carboxylic acids is 1. The first kappa shape index (κ1) is 25.2. The molecule has 3 aromatic rings.